The first kappa shape index (κ1) is 12.5. The van der Waals surface area contributed by atoms with Gasteiger partial charge in [-0.1, -0.05) is 19.3 Å². The Morgan fingerprint density at radius 2 is 1.87 bits per heavy atom. The van der Waals surface area contributed by atoms with E-state index in [-0.39, 0.29) is 12.6 Å². The van der Waals surface area contributed by atoms with E-state index in [0.717, 1.165) is 25.7 Å². The molecular formula is C11H21NO3. The zero-order valence-electron chi connectivity index (χ0n) is 9.57. The molecule has 0 amide bonds. The second-order valence-corrected chi connectivity index (χ2v) is 4.81. The topological polar surface area (TPSA) is 60.8 Å². The Morgan fingerprint density at radius 3 is 2.27 bits per heavy atom. The van der Waals surface area contributed by atoms with Gasteiger partial charge in [-0.3, -0.25) is 9.69 Å². The van der Waals surface area contributed by atoms with E-state index >= 15 is 0 Å². The number of hydrogen-bond acceptors (Lipinski definition) is 3. The van der Waals surface area contributed by atoms with Crippen molar-refractivity contribution >= 4 is 5.97 Å². The monoisotopic (exact) mass is 215 g/mol. The van der Waals surface area contributed by atoms with E-state index in [9.17, 15) is 9.90 Å². The lowest BCUT2D eigenvalue weighted by atomic mass is 9.93. The van der Waals surface area contributed by atoms with Crippen LogP contribution in [0.5, 0.6) is 0 Å². The fourth-order valence-electron chi connectivity index (χ4n) is 2.31. The van der Waals surface area contributed by atoms with Crippen molar-refractivity contribution in [2.75, 3.05) is 6.54 Å². The molecule has 0 aliphatic heterocycles. The van der Waals surface area contributed by atoms with Crippen molar-refractivity contribution in [3.63, 3.8) is 0 Å². The third kappa shape index (κ3) is 3.80. The average molecular weight is 215 g/mol. The number of rotatable bonds is 4. The minimum absolute atomic E-state index is 0.0752. The molecule has 1 fully saturated rings. The molecule has 0 bridgehead atoms. The third-order valence-electron chi connectivity index (χ3n) is 3.02. The van der Waals surface area contributed by atoms with E-state index in [0.29, 0.717) is 0 Å². The van der Waals surface area contributed by atoms with Crippen molar-refractivity contribution in [3.05, 3.63) is 0 Å². The van der Waals surface area contributed by atoms with E-state index in [1.165, 1.54) is 6.42 Å². The lowest BCUT2D eigenvalue weighted by Crippen LogP contribution is -2.52. The molecule has 0 heterocycles. The summed E-state index contributed by atoms with van der Waals surface area (Å²) >= 11 is 0. The first-order valence-electron chi connectivity index (χ1n) is 5.62. The molecule has 0 atom stereocenters. The molecular weight excluding hydrogens is 194 g/mol. The zero-order chi connectivity index (χ0) is 11.5. The first-order chi connectivity index (χ1) is 6.91. The van der Waals surface area contributed by atoms with Gasteiger partial charge in [0, 0.05) is 6.04 Å². The summed E-state index contributed by atoms with van der Waals surface area (Å²) in [6.45, 7) is 3.24. The van der Waals surface area contributed by atoms with Crippen molar-refractivity contribution in [2.24, 2.45) is 0 Å². The predicted molar refractivity (Wildman–Crippen MR) is 57.5 cm³/mol. The van der Waals surface area contributed by atoms with E-state index in [1.807, 2.05) is 0 Å². The highest BCUT2D eigenvalue weighted by molar-refractivity contribution is 5.69. The number of carboxylic acid groups (broad SMARTS) is 1. The van der Waals surface area contributed by atoms with Gasteiger partial charge in [-0.25, -0.2) is 0 Å². The molecule has 1 saturated carbocycles. The summed E-state index contributed by atoms with van der Waals surface area (Å²) in [4.78, 5) is 12.4. The Morgan fingerprint density at radius 1 is 1.33 bits per heavy atom. The van der Waals surface area contributed by atoms with Crippen molar-refractivity contribution in [2.45, 2.75) is 57.7 Å². The number of hydrogen-bond donors (Lipinski definition) is 2. The lowest BCUT2D eigenvalue weighted by Gasteiger charge is -2.41. The number of aliphatic hydroxyl groups is 1. The second kappa shape index (κ2) is 4.94. The summed E-state index contributed by atoms with van der Waals surface area (Å²) in [5.74, 6) is -0.873. The van der Waals surface area contributed by atoms with E-state index in [2.05, 4.69) is 0 Å². The molecule has 0 aromatic carbocycles. The molecule has 88 valence electrons. The molecule has 0 saturated heterocycles. The Labute approximate surface area is 90.9 Å². The van der Waals surface area contributed by atoms with E-state index in [1.54, 1.807) is 18.7 Å². The maximum Gasteiger partial charge on any atom is 0.317 e. The molecule has 4 nitrogen and oxygen atoms in total. The fraction of sp³-hybridized carbons (Fsp3) is 0.909. The van der Waals surface area contributed by atoms with Gasteiger partial charge in [0.25, 0.3) is 0 Å². The Kier molecular flexibility index (Phi) is 4.11. The second-order valence-electron chi connectivity index (χ2n) is 4.81. The lowest BCUT2D eigenvalue weighted by molar-refractivity contribution is -0.152. The minimum atomic E-state index is -1.04. The molecule has 0 unspecified atom stereocenters. The molecule has 0 spiro atoms. The maximum atomic E-state index is 10.7. The molecule has 15 heavy (non-hydrogen) atoms. The summed E-state index contributed by atoms with van der Waals surface area (Å²) < 4.78 is 0. The summed E-state index contributed by atoms with van der Waals surface area (Å²) in [5.41, 5.74) is -1.04. The molecule has 2 N–H and O–H groups in total. The van der Waals surface area contributed by atoms with E-state index in [4.69, 9.17) is 5.11 Å². The van der Waals surface area contributed by atoms with Gasteiger partial charge in [-0.2, -0.15) is 0 Å². The number of aliphatic carboxylic acids is 1. The van der Waals surface area contributed by atoms with Crippen LogP contribution in [0.3, 0.4) is 0 Å². The van der Waals surface area contributed by atoms with Gasteiger partial charge in [0.15, 0.2) is 0 Å². The van der Waals surface area contributed by atoms with Crippen LogP contribution in [0.2, 0.25) is 0 Å². The highest BCUT2D eigenvalue weighted by Crippen LogP contribution is 2.26. The van der Waals surface area contributed by atoms with Crippen LogP contribution < -0.4 is 0 Å². The highest BCUT2D eigenvalue weighted by atomic mass is 16.4. The Balaban J connectivity index is 2.66. The molecule has 4 heteroatoms. The van der Waals surface area contributed by atoms with Crippen molar-refractivity contribution in [1.82, 2.24) is 4.90 Å². The fourth-order valence-corrected chi connectivity index (χ4v) is 2.31. The van der Waals surface area contributed by atoms with E-state index < -0.39 is 11.7 Å². The third-order valence-corrected chi connectivity index (χ3v) is 3.02. The molecule has 0 radical (unpaired) electrons. The van der Waals surface area contributed by atoms with Crippen LogP contribution in [0.1, 0.15) is 46.0 Å². The summed E-state index contributed by atoms with van der Waals surface area (Å²) in [6.07, 6.45) is 5.49. The maximum absolute atomic E-state index is 10.7. The SMILES string of the molecule is CC(C)(O)N(CC(=O)O)C1CCCCC1. The van der Waals surface area contributed by atoms with Gasteiger partial charge in [0.2, 0.25) is 0 Å². The number of carboxylic acids is 1. The zero-order valence-corrected chi connectivity index (χ0v) is 9.57. The van der Waals surface area contributed by atoms with Crippen LogP contribution >= 0.6 is 0 Å². The molecule has 0 aromatic heterocycles. The van der Waals surface area contributed by atoms with Crippen molar-refractivity contribution in [1.29, 1.82) is 0 Å². The van der Waals surface area contributed by atoms with Crippen LogP contribution in [-0.2, 0) is 4.79 Å². The summed E-state index contributed by atoms with van der Waals surface area (Å²) in [5, 5.41) is 18.8. The smallest absolute Gasteiger partial charge is 0.317 e. The standard InChI is InChI=1S/C11H21NO3/c1-11(2,15)12(8-10(13)14)9-6-4-3-5-7-9/h9,15H,3-8H2,1-2H3,(H,13,14). The van der Waals surface area contributed by atoms with Crippen LogP contribution in [0.15, 0.2) is 0 Å². The van der Waals surface area contributed by atoms with Crippen LogP contribution in [0.4, 0.5) is 0 Å². The van der Waals surface area contributed by atoms with Crippen molar-refractivity contribution < 1.29 is 15.0 Å². The van der Waals surface area contributed by atoms with Gasteiger partial charge >= 0.3 is 5.97 Å². The van der Waals surface area contributed by atoms with Gasteiger partial charge in [0.05, 0.1) is 6.54 Å². The quantitative estimate of drug-likeness (QED) is 0.696. The van der Waals surface area contributed by atoms with Gasteiger partial charge in [-0.05, 0) is 26.7 Å². The van der Waals surface area contributed by atoms with Gasteiger partial charge in [0.1, 0.15) is 5.72 Å². The number of carbonyl (C=O) groups is 1. The predicted octanol–water partition coefficient (Wildman–Crippen LogP) is 1.43. The summed E-state index contributed by atoms with van der Waals surface area (Å²) in [7, 11) is 0. The van der Waals surface area contributed by atoms with Crippen LogP contribution in [-0.4, -0.2) is 39.4 Å². The molecule has 0 aromatic rings. The van der Waals surface area contributed by atoms with Gasteiger partial charge in [-0.15, -0.1) is 0 Å². The normalized spacial score (nSPS) is 19.5. The first-order valence-corrected chi connectivity index (χ1v) is 5.62. The van der Waals surface area contributed by atoms with Crippen LogP contribution in [0.25, 0.3) is 0 Å². The Bertz CT molecular complexity index is 216. The molecule has 1 rings (SSSR count). The largest absolute Gasteiger partial charge is 0.480 e. The van der Waals surface area contributed by atoms with Crippen LogP contribution in [0, 0.1) is 0 Å². The minimum Gasteiger partial charge on any atom is -0.480 e. The Hall–Kier alpha value is -0.610. The molecule has 1 aliphatic rings. The summed E-state index contributed by atoms with van der Waals surface area (Å²) in [6, 6.07) is 0.217. The average Bonchev–Trinajstić information content (AvgIpc) is 2.14. The van der Waals surface area contributed by atoms with Crippen molar-refractivity contribution in [3.8, 4) is 0 Å². The highest BCUT2D eigenvalue weighted by Gasteiger charge is 2.32. The number of nitrogens with zero attached hydrogens (tertiary/aromatic N) is 1. The molecule has 1 aliphatic carbocycles. The van der Waals surface area contributed by atoms with Gasteiger partial charge < -0.3 is 10.2 Å².